The highest BCUT2D eigenvalue weighted by atomic mass is 16.5. The van der Waals surface area contributed by atoms with E-state index in [9.17, 15) is 9.59 Å². The van der Waals surface area contributed by atoms with Gasteiger partial charge in [0.2, 0.25) is 5.91 Å². The molecule has 0 aliphatic rings. The number of carbonyl (C=O) groups is 1. The zero-order chi connectivity index (χ0) is 17.2. The molecule has 1 atom stereocenters. The summed E-state index contributed by atoms with van der Waals surface area (Å²) in [5.41, 5.74) is 10.6. The van der Waals surface area contributed by atoms with E-state index in [1.807, 2.05) is 6.92 Å². The lowest BCUT2D eigenvalue weighted by Crippen LogP contribution is -2.44. The maximum absolute atomic E-state index is 11.8. The fourth-order valence-electron chi connectivity index (χ4n) is 2.45. The number of carbonyl (C=O) groups excluding carboxylic acids is 1. The normalized spacial score (nSPS) is 13.0. The number of hydrogen-bond acceptors (Lipinski definition) is 5. The minimum atomic E-state index is -0.845. The van der Waals surface area contributed by atoms with Crippen molar-refractivity contribution < 1.29 is 9.53 Å². The number of anilines is 1. The molecule has 0 bridgehead atoms. The molecule has 0 saturated heterocycles. The first-order valence-corrected chi connectivity index (χ1v) is 7.52. The Labute approximate surface area is 134 Å². The van der Waals surface area contributed by atoms with Crippen LogP contribution in [0.3, 0.4) is 0 Å². The third-order valence-electron chi connectivity index (χ3n) is 4.01. The van der Waals surface area contributed by atoms with Crippen LogP contribution in [0.2, 0.25) is 0 Å². The number of aromatic amines is 1. The summed E-state index contributed by atoms with van der Waals surface area (Å²) in [4.78, 5) is 29.5. The molecule has 5 N–H and O–H groups in total. The number of rotatable bonds is 6. The van der Waals surface area contributed by atoms with Crippen molar-refractivity contribution in [3.63, 3.8) is 0 Å². The second-order valence-electron chi connectivity index (χ2n) is 6.09. The molecule has 2 aromatic rings. The molecule has 1 aromatic carbocycles. The van der Waals surface area contributed by atoms with Crippen molar-refractivity contribution in [2.75, 3.05) is 5.73 Å². The number of primary amides is 1. The summed E-state index contributed by atoms with van der Waals surface area (Å²) < 4.78 is 6.07. The molecule has 0 aliphatic carbocycles. The lowest BCUT2D eigenvalue weighted by molar-refractivity contribution is -0.131. The van der Waals surface area contributed by atoms with Crippen LogP contribution in [-0.2, 0) is 4.79 Å². The standard InChI is InChI=1S/C16H22N4O3/c1-4-6-11(16(2,3)14(18)21)23-10-8-5-7-9-12(10)13(17)20-15(22)19-9/h5,7-8,11H,4,6H2,1-3H3,(H2,18,21)(H3,17,19,20,22). The Morgan fingerprint density at radius 2 is 2.13 bits per heavy atom. The lowest BCUT2D eigenvalue weighted by atomic mass is 9.83. The van der Waals surface area contributed by atoms with E-state index in [2.05, 4.69) is 9.97 Å². The lowest BCUT2D eigenvalue weighted by Gasteiger charge is -2.32. The molecular formula is C16H22N4O3. The van der Waals surface area contributed by atoms with Crippen LogP contribution in [0.5, 0.6) is 5.75 Å². The molecule has 1 unspecified atom stereocenters. The number of ether oxygens (including phenoxy) is 1. The highest BCUT2D eigenvalue weighted by Gasteiger charge is 2.36. The largest absolute Gasteiger partial charge is 0.488 e. The SMILES string of the molecule is CCCC(Oc1cccc2[nH]c(=O)nc(N)c12)C(C)(C)C(N)=O. The van der Waals surface area contributed by atoms with Crippen LogP contribution in [0.1, 0.15) is 33.6 Å². The van der Waals surface area contributed by atoms with Crippen molar-refractivity contribution in [1.29, 1.82) is 0 Å². The monoisotopic (exact) mass is 318 g/mol. The second-order valence-corrected chi connectivity index (χ2v) is 6.09. The number of amides is 1. The Hall–Kier alpha value is -2.57. The third-order valence-corrected chi connectivity index (χ3v) is 4.01. The van der Waals surface area contributed by atoms with Crippen molar-refractivity contribution in [3.8, 4) is 5.75 Å². The molecule has 7 nitrogen and oxygen atoms in total. The number of nitrogens with one attached hydrogen (secondary N) is 1. The predicted molar refractivity (Wildman–Crippen MR) is 89.1 cm³/mol. The summed E-state index contributed by atoms with van der Waals surface area (Å²) >= 11 is 0. The van der Waals surface area contributed by atoms with Gasteiger partial charge in [-0.3, -0.25) is 4.79 Å². The third kappa shape index (κ3) is 3.28. The maximum Gasteiger partial charge on any atom is 0.347 e. The van der Waals surface area contributed by atoms with E-state index in [1.54, 1.807) is 32.0 Å². The molecule has 0 radical (unpaired) electrons. The van der Waals surface area contributed by atoms with Gasteiger partial charge < -0.3 is 21.2 Å². The van der Waals surface area contributed by atoms with E-state index >= 15 is 0 Å². The molecule has 124 valence electrons. The van der Waals surface area contributed by atoms with Crippen LogP contribution in [0.25, 0.3) is 10.9 Å². The maximum atomic E-state index is 11.8. The number of H-pyrrole nitrogens is 1. The van der Waals surface area contributed by atoms with Crippen molar-refractivity contribution in [1.82, 2.24) is 9.97 Å². The van der Waals surface area contributed by atoms with Crippen molar-refractivity contribution in [3.05, 3.63) is 28.7 Å². The first-order chi connectivity index (χ1) is 10.8. The minimum Gasteiger partial charge on any atom is -0.488 e. The summed E-state index contributed by atoms with van der Waals surface area (Å²) in [6.07, 6.45) is 1.07. The zero-order valence-electron chi connectivity index (χ0n) is 13.6. The van der Waals surface area contributed by atoms with Gasteiger partial charge in [0.1, 0.15) is 17.7 Å². The molecule has 1 heterocycles. The first-order valence-electron chi connectivity index (χ1n) is 7.52. The molecule has 0 saturated carbocycles. The summed E-state index contributed by atoms with van der Waals surface area (Å²) in [5.74, 6) is 0.124. The van der Waals surface area contributed by atoms with E-state index in [1.165, 1.54) is 0 Å². The molecule has 7 heteroatoms. The predicted octanol–water partition coefficient (Wildman–Crippen LogP) is 1.56. The smallest absolute Gasteiger partial charge is 0.347 e. The fraction of sp³-hybridized carbons (Fsp3) is 0.438. The van der Waals surface area contributed by atoms with Gasteiger partial charge in [0.25, 0.3) is 0 Å². The number of benzene rings is 1. The molecular weight excluding hydrogens is 296 g/mol. The van der Waals surface area contributed by atoms with Gasteiger partial charge in [0.05, 0.1) is 16.3 Å². The van der Waals surface area contributed by atoms with Gasteiger partial charge in [-0.1, -0.05) is 19.4 Å². The number of aromatic nitrogens is 2. The van der Waals surface area contributed by atoms with Gasteiger partial charge in [-0.05, 0) is 32.4 Å². The Morgan fingerprint density at radius 1 is 1.43 bits per heavy atom. The number of fused-ring (bicyclic) bond motifs is 1. The van der Waals surface area contributed by atoms with E-state index in [4.69, 9.17) is 16.2 Å². The second kappa shape index (κ2) is 6.28. The zero-order valence-corrected chi connectivity index (χ0v) is 13.6. The fourth-order valence-corrected chi connectivity index (χ4v) is 2.45. The molecule has 2 rings (SSSR count). The van der Waals surface area contributed by atoms with Crippen LogP contribution in [-0.4, -0.2) is 22.0 Å². The molecule has 1 aromatic heterocycles. The van der Waals surface area contributed by atoms with Gasteiger partial charge in [0, 0.05) is 0 Å². The van der Waals surface area contributed by atoms with E-state index < -0.39 is 23.1 Å². The number of nitrogens with two attached hydrogens (primary N) is 2. The average molecular weight is 318 g/mol. The van der Waals surface area contributed by atoms with Gasteiger partial charge >= 0.3 is 5.69 Å². The van der Waals surface area contributed by atoms with Gasteiger partial charge in [0.15, 0.2) is 0 Å². The first kappa shape index (κ1) is 16.8. The molecule has 0 fully saturated rings. The highest BCUT2D eigenvalue weighted by molar-refractivity contribution is 5.93. The molecule has 23 heavy (non-hydrogen) atoms. The molecule has 1 amide bonds. The number of nitrogen functional groups attached to an aromatic ring is 1. The van der Waals surface area contributed by atoms with Crippen molar-refractivity contribution >= 4 is 22.6 Å². The minimum absolute atomic E-state index is 0.0893. The Balaban J connectivity index is 2.51. The van der Waals surface area contributed by atoms with Crippen LogP contribution >= 0.6 is 0 Å². The van der Waals surface area contributed by atoms with Gasteiger partial charge in [-0.15, -0.1) is 0 Å². The van der Waals surface area contributed by atoms with Gasteiger partial charge in [-0.2, -0.15) is 4.98 Å². The summed E-state index contributed by atoms with van der Waals surface area (Å²) in [7, 11) is 0. The summed E-state index contributed by atoms with van der Waals surface area (Å²) in [6.45, 7) is 5.51. The number of nitrogens with zero attached hydrogens (tertiary/aromatic N) is 1. The Kier molecular flexibility index (Phi) is 4.58. The topological polar surface area (TPSA) is 124 Å². The number of hydrogen-bond donors (Lipinski definition) is 3. The average Bonchev–Trinajstić information content (AvgIpc) is 2.46. The van der Waals surface area contributed by atoms with Crippen LogP contribution in [0, 0.1) is 5.41 Å². The summed E-state index contributed by atoms with van der Waals surface area (Å²) in [5, 5.41) is 0.522. The molecule has 0 spiro atoms. The van der Waals surface area contributed by atoms with Crippen molar-refractivity contribution in [2.24, 2.45) is 11.1 Å². The Morgan fingerprint density at radius 3 is 2.74 bits per heavy atom. The van der Waals surface area contributed by atoms with Crippen LogP contribution in [0.4, 0.5) is 5.82 Å². The van der Waals surface area contributed by atoms with E-state index in [0.717, 1.165) is 6.42 Å². The Bertz CT molecular complexity index is 782. The highest BCUT2D eigenvalue weighted by Crippen LogP contribution is 2.33. The van der Waals surface area contributed by atoms with E-state index in [-0.39, 0.29) is 5.82 Å². The summed E-state index contributed by atoms with van der Waals surface area (Å²) in [6, 6.07) is 5.20. The van der Waals surface area contributed by atoms with Crippen LogP contribution < -0.4 is 21.9 Å². The van der Waals surface area contributed by atoms with Crippen molar-refractivity contribution in [2.45, 2.75) is 39.7 Å². The van der Waals surface area contributed by atoms with Gasteiger partial charge in [-0.25, -0.2) is 4.79 Å². The molecule has 0 aliphatic heterocycles. The van der Waals surface area contributed by atoms with Crippen LogP contribution in [0.15, 0.2) is 23.0 Å². The van der Waals surface area contributed by atoms with E-state index in [0.29, 0.717) is 23.1 Å². The quantitative estimate of drug-likeness (QED) is 0.745.